The van der Waals surface area contributed by atoms with Gasteiger partial charge in [0.1, 0.15) is 0 Å². The zero-order valence-corrected chi connectivity index (χ0v) is 11.9. The van der Waals surface area contributed by atoms with E-state index in [4.69, 9.17) is 0 Å². The fourth-order valence-electron chi connectivity index (χ4n) is 3.02. The lowest BCUT2D eigenvalue weighted by atomic mass is 9.97. The molecule has 6 heteroatoms. The number of nitro groups is 1. The Bertz CT molecular complexity index is 528. The third-order valence-electron chi connectivity index (χ3n) is 4.35. The van der Waals surface area contributed by atoms with Crippen molar-refractivity contribution in [2.24, 2.45) is 5.92 Å². The molecule has 1 aromatic carbocycles. The molecule has 0 atom stereocenters. The van der Waals surface area contributed by atoms with Crippen LogP contribution < -0.4 is 10.2 Å². The molecule has 1 heterocycles. The molecule has 1 aromatic rings. The number of rotatable bonds is 5. The number of benzene rings is 1. The molecule has 0 spiro atoms. The molecule has 2 fully saturated rings. The third-order valence-corrected chi connectivity index (χ3v) is 4.35. The highest BCUT2D eigenvalue weighted by Crippen LogP contribution is 2.35. The van der Waals surface area contributed by atoms with Crippen molar-refractivity contribution in [3.63, 3.8) is 0 Å². The van der Waals surface area contributed by atoms with E-state index in [0.29, 0.717) is 17.6 Å². The molecule has 3 rings (SSSR count). The van der Waals surface area contributed by atoms with Gasteiger partial charge in [0.05, 0.1) is 16.7 Å². The molecule has 0 aromatic heterocycles. The summed E-state index contributed by atoms with van der Waals surface area (Å²) < 4.78 is 14.2. The van der Waals surface area contributed by atoms with Crippen LogP contribution in [0.1, 0.15) is 25.7 Å². The number of nitrogens with one attached hydrogen (secondary N) is 1. The van der Waals surface area contributed by atoms with Crippen molar-refractivity contribution in [3.05, 3.63) is 34.1 Å². The van der Waals surface area contributed by atoms with Crippen LogP contribution in [-0.4, -0.2) is 30.6 Å². The number of hydrogen-bond donors (Lipinski definition) is 1. The van der Waals surface area contributed by atoms with Gasteiger partial charge in [-0.3, -0.25) is 10.1 Å². The van der Waals surface area contributed by atoms with Crippen LogP contribution in [0.4, 0.5) is 15.8 Å². The fraction of sp³-hybridized carbons (Fsp3) is 0.600. The lowest BCUT2D eigenvalue weighted by Crippen LogP contribution is -2.37. The zero-order valence-electron chi connectivity index (χ0n) is 11.9. The van der Waals surface area contributed by atoms with Crippen molar-refractivity contribution in [3.8, 4) is 0 Å². The first kappa shape index (κ1) is 14.3. The predicted molar refractivity (Wildman–Crippen MR) is 79.0 cm³/mol. The van der Waals surface area contributed by atoms with E-state index in [1.807, 2.05) is 0 Å². The summed E-state index contributed by atoms with van der Waals surface area (Å²) >= 11 is 0. The van der Waals surface area contributed by atoms with Crippen LogP contribution >= 0.6 is 0 Å². The monoisotopic (exact) mass is 293 g/mol. The highest BCUT2D eigenvalue weighted by Gasteiger charge is 2.33. The van der Waals surface area contributed by atoms with Crippen LogP contribution in [0.25, 0.3) is 0 Å². The van der Waals surface area contributed by atoms with Gasteiger partial charge in [0.15, 0.2) is 5.82 Å². The number of anilines is 1. The van der Waals surface area contributed by atoms with Crippen LogP contribution in [-0.2, 0) is 0 Å². The Kier molecular flexibility index (Phi) is 4.05. The molecular formula is C15H20FN3O2. The van der Waals surface area contributed by atoms with Crippen LogP contribution in [0.5, 0.6) is 0 Å². The second kappa shape index (κ2) is 5.97. The summed E-state index contributed by atoms with van der Waals surface area (Å²) in [5, 5.41) is 14.1. The van der Waals surface area contributed by atoms with Gasteiger partial charge in [-0.25, -0.2) is 4.39 Å². The van der Waals surface area contributed by atoms with Crippen molar-refractivity contribution in [2.45, 2.75) is 31.7 Å². The molecule has 114 valence electrons. The lowest BCUT2D eigenvalue weighted by Gasteiger charge is -2.32. The molecule has 0 unspecified atom stereocenters. The van der Waals surface area contributed by atoms with Gasteiger partial charge < -0.3 is 10.2 Å². The van der Waals surface area contributed by atoms with Crippen LogP contribution in [0, 0.1) is 21.8 Å². The second-order valence-electron chi connectivity index (χ2n) is 5.97. The molecule has 0 amide bonds. The molecule has 0 bridgehead atoms. The molecule has 1 saturated carbocycles. The third kappa shape index (κ3) is 3.32. The second-order valence-corrected chi connectivity index (χ2v) is 5.97. The summed E-state index contributed by atoms with van der Waals surface area (Å²) in [5.74, 6) is 0.0893. The van der Waals surface area contributed by atoms with E-state index in [-0.39, 0.29) is 5.69 Å². The summed E-state index contributed by atoms with van der Waals surface area (Å²) in [4.78, 5) is 12.3. The summed E-state index contributed by atoms with van der Waals surface area (Å²) in [6, 6.07) is 4.40. The molecule has 1 aliphatic carbocycles. The molecule has 1 aliphatic heterocycles. The Balaban J connectivity index is 1.78. The molecule has 1 N–H and O–H groups in total. The molecular weight excluding hydrogens is 273 g/mol. The number of nitrogens with zero attached hydrogens (tertiary/aromatic N) is 2. The Morgan fingerprint density at radius 1 is 1.29 bits per heavy atom. The summed E-state index contributed by atoms with van der Waals surface area (Å²) in [6.07, 6.45) is 4.39. The Hall–Kier alpha value is -1.69. The van der Waals surface area contributed by atoms with Crippen molar-refractivity contribution < 1.29 is 9.31 Å². The van der Waals surface area contributed by atoms with E-state index in [1.54, 1.807) is 6.07 Å². The van der Waals surface area contributed by atoms with Crippen molar-refractivity contribution in [2.75, 3.05) is 24.5 Å². The Morgan fingerprint density at radius 2 is 2.00 bits per heavy atom. The number of piperidine rings is 1. The highest BCUT2D eigenvalue weighted by molar-refractivity contribution is 5.54. The average molecular weight is 293 g/mol. The molecule has 0 radical (unpaired) electrons. The van der Waals surface area contributed by atoms with Gasteiger partial charge in [0.25, 0.3) is 5.69 Å². The first-order valence-electron chi connectivity index (χ1n) is 7.56. The first-order valence-corrected chi connectivity index (χ1v) is 7.56. The lowest BCUT2D eigenvalue weighted by molar-refractivity contribution is -0.385. The molecule has 5 nitrogen and oxygen atoms in total. The number of nitro benzene ring substituents is 1. The predicted octanol–water partition coefficient (Wildman–Crippen LogP) is 2.70. The van der Waals surface area contributed by atoms with Gasteiger partial charge in [0.2, 0.25) is 0 Å². The number of non-ortho nitro benzene ring substituents is 1. The maximum Gasteiger partial charge on any atom is 0.272 e. The van der Waals surface area contributed by atoms with Crippen molar-refractivity contribution in [1.82, 2.24) is 5.32 Å². The van der Waals surface area contributed by atoms with E-state index >= 15 is 0 Å². The average Bonchev–Trinajstić information content (AvgIpc) is 3.31. The van der Waals surface area contributed by atoms with Crippen molar-refractivity contribution >= 4 is 11.4 Å². The largest absolute Gasteiger partial charge is 0.366 e. The van der Waals surface area contributed by atoms with Gasteiger partial charge in [-0.2, -0.15) is 0 Å². The molecule has 21 heavy (non-hydrogen) atoms. The Labute approximate surface area is 123 Å². The number of hydrogen-bond acceptors (Lipinski definition) is 4. The van der Waals surface area contributed by atoms with E-state index in [2.05, 4.69) is 10.2 Å². The number of halogens is 1. The van der Waals surface area contributed by atoms with Crippen LogP contribution in [0.3, 0.4) is 0 Å². The van der Waals surface area contributed by atoms with Gasteiger partial charge in [-0.15, -0.1) is 0 Å². The van der Waals surface area contributed by atoms with E-state index in [1.165, 1.54) is 6.07 Å². The van der Waals surface area contributed by atoms with E-state index in [0.717, 1.165) is 51.4 Å². The zero-order chi connectivity index (χ0) is 14.8. The van der Waals surface area contributed by atoms with Crippen molar-refractivity contribution in [1.29, 1.82) is 0 Å². The van der Waals surface area contributed by atoms with E-state index < -0.39 is 10.7 Å². The van der Waals surface area contributed by atoms with E-state index in [9.17, 15) is 14.5 Å². The van der Waals surface area contributed by atoms with Gasteiger partial charge in [0, 0.05) is 18.7 Å². The fourth-order valence-corrected chi connectivity index (χ4v) is 3.02. The first-order chi connectivity index (χ1) is 10.1. The molecule has 1 saturated heterocycles. The SMILES string of the molecule is O=[N+]([O-])c1ccc(N(CC2CCNCC2)C2CC2)c(F)c1. The smallest absolute Gasteiger partial charge is 0.272 e. The maximum atomic E-state index is 14.2. The van der Waals surface area contributed by atoms with Crippen LogP contribution in [0.15, 0.2) is 18.2 Å². The topological polar surface area (TPSA) is 58.4 Å². The standard InChI is InChI=1S/C15H20FN3O2/c16-14-9-13(19(20)21)3-4-15(14)18(12-1-2-12)10-11-5-7-17-8-6-11/h3-4,9,11-12,17H,1-2,5-8,10H2. The minimum Gasteiger partial charge on any atom is -0.366 e. The summed E-state index contributed by atoms with van der Waals surface area (Å²) in [7, 11) is 0. The minimum atomic E-state index is -0.554. The van der Waals surface area contributed by atoms with Crippen LogP contribution in [0.2, 0.25) is 0 Å². The normalized spacial score (nSPS) is 19.5. The quantitative estimate of drug-likeness (QED) is 0.670. The summed E-state index contributed by atoms with van der Waals surface area (Å²) in [6.45, 7) is 2.89. The van der Waals surface area contributed by atoms with Gasteiger partial charge in [-0.05, 0) is 50.8 Å². The van der Waals surface area contributed by atoms with Gasteiger partial charge in [-0.1, -0.05) is 0 Å². The summed E-state index contributed by atoms with van der Waals surface area (Å²) in [5.41, 5.74) is 0.329. The minimum absolute atomic E-state index is 0.186. The highest BCUT2D eigenvalue weighted by atomic mass is 19.1. The molecule has 2 aliphatic rings. The van der Waals surface area contributed by atoms with Gasteiger partial charge >= 0.3 is 0 Å². The Morgan fingerprint density at radius 3 is 2.57 bits per heavy atom. The maximum absolute atomic E-state index is 14.2.